The smallest absolute Gasteiger partial charge is 0.316 e. The van der Waals surface area contributed by atoms with Crippen molar-refractivity contribution in [1.29, 1.82) is 0 Å². The number of fused-ring (bicyclic) bond motifs is 1. The lowest BCUT2D eigenvalue weighted by Gasteiger charge is -2.22. The number of hydrogen-bond donors (Lipinski definition) is 0. The normalized spacial score (nSPS) is 25.0. The monoisotopic (exact) mass is 503 g/mol. The highest BCUT2D eigenvalue weighted by molar-refractivity contribution is 6.22. The zero-order valence-electron chi connectivity index (χ0n) is 20.3. The van der Waals surface area contributed by atoms with Crippen molar-refractivity contribution in [3.05, 3.63) is 70.3 Å². The molecule has 3 amide bonds. The molecule has 10 nitrogen and oxygen atoms in total. The largest absolute Gasteiger partial charge is 0.426 e. The third-order valence-electron chi connectivity index (χ3n) is 7.35. The van der Waals surface area contributed by atoms with Crippen LogP contribution in [0, 0.1) is 40.7 Å². The van der Waals surface area contributed by atoms with E-state index in [4.69, 9.17) is 4.74 Å². The van der Waals surface area contributed by atoms with Crippen LogP contribution < -0.4 is 14.5 Å². The molecule has 190 valence electrons. The molecule has 0 N–H and O–H groups in total. The number of carbonyl (C=O) groups is 4. The Morgan fingerprint density at radius 1 is 1.05 bits per heavy atom. The summed E-state index contributed by atoms with van der Waals surface area (Å²) in [6.45, 7) is 3.58. The average Bonchev–Trinajstić information content (AvgIpc) is 3.38. The van der Waals surface area contributed by atoms with Crippen LogP contribution in [-0.2, 0) is 19.2 Å². The second-order valence-corrected chi connectivity index (χ2v) is 9.72. The molecule has 2 fully saturated rings. The summed E-state index contributed by atoms with van der Waals surface area (Å²) < 4.78 is 5.47. The second kappa shape index (κ2) is 9.27. The van der Waals surface area contributed by atoms with E-state index >= 15 is 0 Å². The summed E-state index contributed by atoms with van der Waals surface area (Å²) in [5.41, 5.74) is 1.14. The Balaban J connectivity index is 1.25. The van der Waals surface area contributed by atoms with Gasteiger partial charge in [-0.3, -0.25) is 34.2 Å². The Labute approximate surface area is 212 Å². The van der Waals surface area contributed by atoms with E-state index in [9.17, 15) is 29.3 Å². The molecule has 2 aromatic rings. The number of esters is 1. The molecule has 1 aliphatic carbocycles. The summed E-state index contributed by atoms with van der Waals surface area (Å²) in [7, 11) is 0. The quantitative estimate of drug-likeness (QED) is 0.152. The van der Waals surface area contributed by atoms with E-state index in [1.165, 1.54) is 28.0 Å². The van der Waals surface area contributed by atoms with Gasteiger partial charge in [0.15, 0.2) is 0 Å². The number of hydrogen-bond acceptors (Lipinski definition) is 7. The van der Waals surface area contributed by atoms with E-state index in [0.29, 0.717) is 23.4 Å². The minimum atomic E-state index is -0.744. The number of anilines is 2. The fraction of sp³-hybridized carbons (Fsp3) is 0.333. The third kappa shape index (κ3) is 4.28. The summed E-state index contributed by atoms with van der Waals surface area (Å²) >= 11 is 0. The summed E-state index contributed by atoms with van der Waals surface area (Å²) in [6.07, 6.45) is 4.37. The first-order valence-electron chi connectivity index (χ1n) is 12.1. The molecular weight excluding hydrogens is 478 g/mol. The number of carbonyl (C=O) groups excluding carboxylic acids is 4. The number of aryl methyl sites for hydroxylation is 1. The fourth-order valence-corrected chi connectivity index (χ4v) is 5.34. The molecule has 10 heteroatoms. The van der Waals surface area contributed by atoms with Gasteiger partial charge in [-0.2, -0.15) is 0 Å². The average molecular weight is 504 g/mol. The lowest BCUT2D eigenvalue weighted by atomic mass is 9.78. The number of benzene rings is 2. The van der Waals surface area contributed by atoms with Crippen molar-refractivity contribution in [2.24, 2.45) is 23.7 Å². The maximum Gasteiger partial charge on any atom is 0.316 e. The minimum Gasteiger partial charge on any atom is -0.426 e. The number of nitro groups is 1. The second-order valence-electron chi connectivity index (χ2n) is 9.72. The summed E-state index contributed by atoms with van der Waals surface area (Å²) in [5, 5.41) is 11.3. The van der Waals surface area contributed by atoms with E-state index in [1.54, 1.807) is 31.2 Å². The number of rotatable bonds is 5. The molecule has 0 radical (unpaired) electrons. The molecule has 2 heterocycles. The number of ether oxygens (including phenoxy) is 1. The van der Waals surface area contributed by atoms with Gasteiger partial charge in [-0.1, -0.05) is 25.1 Å². The van der Waals surface area contributed by atoms with Crippen molar-refractivity contribution in [1.82, 2.24) is 0 Å². The molecular formula is C27H25N3O7. The van der Waals surface area contributed by atoms with Crippen molar-refractivity contribution in [3.8, 4) is 5.75 Å². The molecule has 0 saturated carbocycles. The highest BCUT2D eigenvalue weighted by Crippen LogP contribution is 2.40. The van der Waals surface area contributed by atoms with E-state index in [2.05, 4.69) is 0 Å². The molecule has 0 unspecified atom stereocenters. The van der Waals surface area contributed by atoms with E-state index in [0.717, 1.165) is 0 Å². The highest BCUT2D eigenvalue weighted by Gasteiger charge is 2.50. The number of amides is 3. The molecule has 2 aliphatic heterocycles. The minimum absolute atomic E-state index is 0.0137. The van der Waals surface area contributed by atoms with Crippen LogP contribution in [0.1, 0.15) is 25.3 Å². The van der Waals surface area contributed by atoms with Crippen LogP contribution in [-0.4, -0.2) is 35.2 Å². The van der Waals surface area contributed by atoms with Gasteiger partial charge in [-0.15, -0.1) is 0 Å². The van der Waals surface area contributed by atoms with Crippen molar-refractivity contribution in [3.63, 3.8) is 0 Å². The standard InChI is InChI=1S/C27H25N3O7/c1-15-6-7-19(13-22(15)30(35)36)28-14-17(12-23(28)31)27(34)37-20-10-8-18(9-11-20)29-25(32)21-5-3-4-16(2)24(21)26(29)33/h3-4,6-11,13,16-17,21,24H,5,12,14H2,1-2H3/t16-,17-,21-,24+/m1/s1. The van der Waals surface area contributed by atoms with Gasteiger partial charge in [0.2, 0.25) is 17.7 Å². The number of nitrogens with zero attached hydrogens (tertiary/aromatic N) is 3. The molecule has 0 bridgehead atoms. The van der Waals surface area contributed by atoms with E-state index in [-0.39, 0.29) is 59.9 Å². The molecule has 2 saturated heterocycles. The Hall–Kier alpha value is -4.34. The maximum absolute atomic E-state index is 13.0. The highest BCUT2D eigenvalue weighted by atomic mass is 16.6. The van der Waals surface area contributed by atoms with Gasteiger partial charge in [0.05, 0.1) is 34.1 Å². The predicted octanol–water partition coefficient (Wildman–Crippen LogP) is 3.56. The fourth-order valence-electron chi connectivity index (χ4n) is 5.34. The Morgan fingerprint density at radius 3 is 2.43 bits per heavy atom. The van der Waals surface area contributed by atoms with Crippen LogP contribution in [0.25, 0.3) is 0 Å². The van der Waals surface area contributed by atoms with Gasteiger partial charge in [-0.25, -0.2) is 0 Å². The van der Waals surface area contributed by atoms with Crippen molar-refractivity contribution in [2.45, 2.75) is 26.7 Å². The van der Waals surface area contributed by atoms with Crippen molar-refractivity contribution < 1.29 is 28.8 Å². The molecule has 37 heavy (non-hydrogen) atoms. The van der Waals surface area contributed by atoms with Crippen molar-refractivity contribution >= 4 is 40.8 Å². The van der Waals surface area contributed by atoms with E-state index in [1.807, 2.05) is 19.1 Å². The lowest BCUT2D eigenvalue weighted by molar-refractivity contribution is -0.385. The van der Waals surface area contributed by atoms with Gasteiger partial charge in [0.1, 0.15) is 5.75 Å². The van der Waals surface area contributed by atoms with Gasteiger partial charge >= 0.3 is 5.97 Å². The maximum atomic E-state index is 13.0. The Morgan fingerprint density at radius 2 is 1.76 bits per heavy atom. The number of imide groups is 1. The first-order valence-corrected chi connectivity index (χ1v) is 12.1. The molecule has 4 atom stereocenters. The predicted molar refractivity (Wildman–Crippen MR) is 133 cm³/mol. The third-order valence-corrected chi connectivity index (χ3v) is 7.35. The first kappa shape index (κ1) is 24.4. The number of allylic oxidation sites excluding steroid dienone is 2. The first-order chi connectivity index (χ1) is 17.7. The Kier molecular flexibility index (Phi) is 6.10. The van der Waals surface area contributed by atoms with Gasteiger partial charge in [0, 0.05) is 24.6 Å². The Bertz CT molecular complexity index is 1350. The van der Waals surface area contributed by atoms with Crippen LogP contribution in [0.2, 0.25) is 0 Å². The zero-order valence-corrected chi connectivity index (χ0v) is 20.3. The van der Waals surface area contributed by atoms with Crippen LogP contribution in [0.3, 0.4) is 0 Å². The summed E-state index contributed by atoms with van der Waals surface area (Å²) in [6, 6.07) is 10.6. The van der Waals surface area contributed by atoms with Gasteiger partial charge in [-0.05, 0) is 49.6 Å². The molecule has 2 aromatic carbocycles. The van der Waals surface area contributed by atoms with Crippen LogP contribution in [0.4, 0.5) is 17.1 Å². The van der Waals surface area contributed by atoms with Crippen LogP contribution in [0.5, 0.6) is 5.75 Å². The van der Waals surface area contributed by atoms with Crippen molar-refractivity contribution in [2.75, 3.05) is 16.3 Å². The van der Waals surface area contributed by atoms with E-state index < -0.39 is 16.8 Å². The molecule has 0 spiro atoms. The summed E-state index contributed by atoms with van der Waals surface area (Å²) in [4.78, 5) is 64.5. The molecule has 5 rings (SSSR count). The summed E-state index contributed by atoms with van der Waals surface area (Å²) in [5.74, 6) is -2.65. The molecule has 3 aliphatic rings. The van der Waals surface area contributed by atoms with Gasteiger partial charge in [0.25, 0.3) is 5.69 Å². The number of nitro benzene ring substituents is 1. The SMILES string of the molecule is Cc1ccc(N2C[C@H](C(=O)Oc3ccc(N4C(=O)[C@H]5[C@H](C)C=CC[C@H]5C4=O)cc3)CC2=O)cc1[N+](=O)[O-]. The van der Waals surface area contributed by atoms with Crippen LogP contribution >= 0.6 is 0 Å². The van der Waals surface area contributed by atoms with Crippen LogP contribution in [0.15, 0.2) is 54.6 Å². The molecule has 0 aromatic heterocycles. The lowest BCUT2D eigenvalue weighted by Crippen LogP contribution is -2.31. The topological polar surface area (TPSA) is 127 Å². The zero-order chi connectivity index (χ0) is 26.4. The van der Waals surface area contributed by atoms with Gasteiger partial charge < -0.3 is 9.64 Å².